The number of hydrogen-bond donors (Lipinski definition) is 1. The summed E-state index contributed by atoms with van der Waals surface area (Å²) in [5.41, 5.74) is 2.97. The first-order valence-corrected chi connectivity index (χ1v) is 9.78. The summed E-state index contributed by atoms with van der Waals surface area (Å²) >= 11 is 0. The lowest BCUT2D eigenvalue weighted by atomic mass is 9.97. The fourth-order valence-corrected chi connectivity index (χ4v) is 2.89. The molecule has 166 valence electrons. The van der Waals surface area contributed by atoms with Crippen LogP contribution in [0.4, 0.5) is 10.5 Å². The number of nitrogens with one attached hydrogen (secondary N) is 1. The van der Waals surface area contributed by atoms with Gasteiger partial charge >= 0.3 is 18.0 Å². The van der Waals surface area contributed by atoms with Crippen LogP contribution < -0.4 is 10.1 Å². The predicted molar refractivity (Wildman–Crippen MR) is 114 cm³/mol. The molecule has 31 heavy (non-hydrogen) atoms. The molecule has 1 N–H and O–H groups in total. The number of rotatable bonds is 9. The molecule has 2 aromatic rings. The van der Waals surface area contributed by atoms with Crippen LogP contribution in [0.5, 0.6) is 5.75 Å². The van der Waals surface area contributed by atoms with Gasteiger partial charge in [-0.25, -0.2) is 4.79 Å². The minimum absolute atomic E-state index is 0.0536. The Bertz CT molecular complexity index is 893. The second-order valence-electron chi connectivity index (χ2n) is 6.75. The van der Waals surface area contributed by atoms with Gasteiger partial charge in [0.05, 0.1) is 20.8 Å². The Morgan fingerprint density at radius 1 is 0.968 bits per heavy atom. The monoisotopic (exact) mass is 429 g/mol. The van der Waals surface area contributed by atoms with Crippen LogP contribution in [0.25, 0.3) is 0 Å². The molecule has 1 amide bonds. The topological polar surface area (TPSA) is 100 Å². The Morgan fingerprint density at radius 2 is 1.61 bits per heavy atom. The highest BCUT2D eigenvalue weighted by molar-refractivity contribution is 5.95. The van der Waals surface area contributed by atoms with Gasteiger partial charge in [-0.3, -0.25) is 14.9 Å². The molecule has 0 saturated heterocycles. The number of esters is 2. The number of carbonyl (C=O) groups is 3. The molecule has 0 atom stereocenters. The Kier molecular flexibility index (Phi) is 8.87. The van der Waals surface area contributed by atoms with Gasteiger partial charge in [0.1, 0.15) is 12.4 Å². The fourth-order valence-electron chi connectivity index (χ4n) is 2.89. The number of ether oxygens (including phenoxy) is 4. The van der Waals surface area contributed by atoms with Crippen molar-refractivity contribution in [1.82, 2.24) is 0 Å². The van der Waals surface area contributed by atoms with E-state index in [0.29, 0.717) is 29.2 Å². The Balaban J connectivity index is 2.13. The smallest absolute Gasteiger partial charge is 0.411 e. The molecule has 0 heterocycles. The Labute approximate surface area is 181 Å². The highest BCUT2D eigenvalue weighted by atomic mass is 16.6. The number of hydrogen-bond acceptors (Lipinski definition) is 7. The Hall–Kier alpha value is -3.55. The van der Waals surface area contributed by atoms with Gasteiger partial charge in [-0.15, -0.1) is 0 Å². The van der Waals surface area contributed by atoms with Crippen LogP contribution in [0.15, 0.2) is 42.5 Å². The number of amides is 1. The lowest BCUT2D eigenvalue weighted by Crippen LogP contribution is -2.28. The first-order chi connectivity index (χ1) is 14.9. The molecule has 0 radical (unpaired) electrons. The van der Waals surface area contributed by atoms with Crippen LogP contribution in [0.1, 0.15) is 23.6 Å². The van der Waals surface area contributed by atoms with E-state index in [9.17, 15) is 14.4 Å². The minimum atomic E-state index is -1.09. The van der Waals surface area contributed by atoms with Crippen molar-refractivity contribution in [2.45, 2.75) is 26.9 Å². The highest BCUT2D eigenvalue weighted by Crippen LogP contribution is 2.24. The molecule has 0 unspecified atom stereocenters. The average molecular weight is 429 g/mol. The summed E-state index contributed by atoms with van der Waals surface area (Å²) in [5, 5.41) is 2.66. The van der Waals surface area contributed by atoms with Crippen molar-refractivity contribution in [2.24, 2.45) is 5.92 Å². The van der Waals surface area contributed by atoms with E-state index in [1.54, 1.807) is 30.3 Å². The van der Waals surface area contributed by atoms with Gasteiger partial charge in [0.15, 0.2) is 5.92 Å². The molecule has 0 aromatic heterocycles. The zero-order chi connectivity index (χ0) is 22.8. The van der Waals surface area contributed by atoms with Crippen molar-refractivity contribution in [2.75, 3.05) is 26.1 Å². The maximum absolute atomic E-state index is 12.2. The van der Waals surface area contributed by atoms with Gasteiger partial charge in [0.2, 0.25) is 0 Å². The van der Waals surface area contributed by atoms with E-state index in [0.717, 1.165) is 5.56 Å². The lowest BCUT2D eigenvalue weighted by molar-refractivity contribution is -0.158. The number of anilines is 1. The van der Waals surface area contributed by atoms with E-state index in [1.165, 1.54) is 14.2 Å². The third-order valence-corrected chi connectivity index (χ3v) is 4.49. The van der Waals surface area contributed by atoms with E-state index in [4.69, 9.17) is 18.9 Å². The molecule has 0 aliphatic heterocycles. The van der Waals surface area contributed by atoms with Crippen LogP contribution in [0.3, 0.4) is 0 Å². The molecule has 0 saturated carbocycles. The van der Waals surface area contributed by atoms with E-state index in [2.05, 4.69) is 5.32 Å². The van der Waals surface area contributed by atoms with Crippen LogP contribution in [0.2, 0.25) is 0 Å². The first kappa shape index (κ1) is 23.7. The zero-order valence-corrected chi connectivity index (χ0v) is 18.1. The second-order valence-corrected chi connectivity index (χ2v) is 6.75. The molecule has 0 aliphatic rings. The summed E-state index contributed by atoms with van der Waals surface area (Å²) in [7, 11) is 2.42. The molecule has 8 nitrogen and oxygen atoms in total. The largest absolute Gasteiger partial charge is 0.493 e. The quantitative estimate of drug-likeness (QED) is 0.369. The van der Waals surface area contributed by atoms with Crippen LogP contribution in [-0.4, -0.2) is 38.9 Å². The maximum atomic E-state index is 12.2. The van der Waals surface area contributed by atoms with Crippen molar-refractivity contribution in [3.05, 3.63) is 59.2 Å². The minimum Gasteiger partial charge on any atom is -0.493 e. The van der Waals surface area contributed by atoms with E-state index in [1.807, 2.05) is 26.0 Å². The number of aryl methyl sites for hydroxylation is 1. The van der Waals surface area contributed by atoms with Crippen LogP contribution in [0, 0.1) is 12.8 Å². The van der Waals surface area contributed by atoms with Crippen molar-refractivity contribution in [1.29, 1.82) is 0 Å². The molecular formula is C23H27NO7. The Morgan fingerprint density at radius 3 is 2.19 bits per heavy atom. The second kappa shape index (κ2) is 11.6. The summed E-state index contributed by atoms with van der Waals surface area (Å²) in [6.45, 7) is 4.17. The van der Waals surface area contributed by atoms with Crippen molar-refractivity contribution in [3.8, 4) is 5.75 Å². The fraction of sp³-hybridized carbons (Fsp3) is 0.348. The van der Waals surface area contributed by atoms with E-state index in [-0.39, 0.29) is 13.0 Å². The molecular weight excluding hydrogens is 402 g/mol. The van der Waals surface area contributed by atoms with Gasteiger partial charge in [-0.1, -0.05) is 23.8 Å². The van der Waals surface area contributed by atoms with Crippen molar-refractivity contribution in [3.63, 3.8) is 0 Å². The lowest BCUT2D eigenvalue weighted by Gasteiger charge is -2.15. The number of benzene rings is 2. The first-order valence-electron chi connectivity index (χ1n) is 9.78. The molecule has 0 fully saturated rings. The molecule has 0 spiro atoms. The van der Waals surface area contributed by atoms with E-state index >= 15 is 0 Å². The molecule has 0 aliphatic carbocycles. The number of methoxy groups -OCH3 is 2. The van der Waals surface area contributed by atoms with Gasteiger partial charge in [-0.05, 0) is 50.1 Å². The summed E-state index contributed by atoms with van der Waals surface area (Å²) in [6.07, 6.45) is -0.535. The van der Waals surface area contributed by atoms with Crippen molar-refractivity contribution < 1.29 is 33.3 Å². The third-order valence-electron chi connectivity index (χ3n) is 4.49. The summed E-state index contributed by atoms with van der Waals surface area (Å²) in [5.74, 6) is -1.92. The van der Waals surface area contributed by atoms with Gasteiger partial charge < -0.3 is 18.9 Å². The maximum Gasteiger partial charge on any atom is 0.411 e. The molecule has 0 bridgehead atoms. The van der Waals surface area contributed by atoms with Gasteiger partial charge in [-0.2, -0.15) is 0 Å². The number of carbonyl (C=O) groups excluding carboxylic acids is 3. The van der Waals surface area contributed by atoms with Crippen LogP contribution >= 0.6 is 0 Å². The van der Waals surface area contributed by atoms with Crippen molar-refractivity contribution >= 4 is 23.7 Å². The summed E-state index contributed by atoms with van der Waals surface area (Å²) in [6, 6.07) is 12.5. The summed E-state index contributed by atoms with van der Waals surface area (Å²) < 4.78 is 20.3. The predicted octanol–water partition coefficient (Wildman–Crippen LogP) is 3.65. The SMILES string of the molecule is CCOc1ccc(CC(C(=O)OC)C(=O)OC)cc1COC(=O)Nc1ccc(C)cc1. The van der Waals surface area contributed by atoms with Gasteiger partial charge in [0.25, 0.3) is 0 Å². The average Bonchev–Trinajstić information content (AvgIpc) is 2.78. The standard InChI is InChI=1S/C23H27NO7/c1-5-30-20-11-8-16(13-19(21(25)28-3)22(26)29-4)12-17(20)14-31-23(27)24-18-9-6-15(2)7-10-18/h6-12,19H,5,13-14H2,1-4H3,(H,24,27). The highest BCUT2D eigenvalue weighted by Gasteiger charge is 2.29. The zero-order valence-electron chi connectivity index (χ0n) is 18.1. The third kappa shape index (κ3) is 7.02. The molecule has 2 aromatic carbocycles. The molecule has 8 heteroatoms. The van der Waals surface area contributed by atoms with Gasteiger partial charge in [0, 0.05) is 11.3 Å². The molecule has 2 rings (SSSR count). The van der Waals surface area contributed by atoms with E-state index < -0.39 is 23.9 Å². The summed E-state index contributed by atoms with van der Waals surface area (Å²) in [4.78, 5) is 36.1. The normalized spacial score (nSPS) is 10.4. The van der Waals surface area contributed by atoms with Crippen LogP contribution in [-0.2, 0) is 36.8 Å².